The van der Waals surface area contributed by atoms with Gasteiger partial charge < -0.3 is 15.5 Å². The molecule has 7 heteroatoms. The summed E-state index contributed by atoms with van der Waals surface area (Å²) < 4.78 is 13.5. The van der Waals surface area contributed by atoms with E-state index in [9.17, 15) is 14.0 Å². The molecule has 0 aromatic heterocycles. The lowest BCUT2D eigenvalue weighted by atomic mass is 10.1. The molecular formula is C28H49FN4O2. The third-order valence-electron chi connectivity index (χ3n) is 4.23. The molecule has 35 heavy (non-hydrogen) atoms. The van der Waals surface area contributed by atoms with Gasteiger partial charge in [-0.25, -0.2) is 9.38 Å². The third-order valence-corrected chi connectivity index (χ3v) is 4.23. The summed E-state index contributed by atoms with van der Waals surface area (Å²) in [6.45, 7) is 17.8. The number of amides is 2. The molecule has 6 nitrogen and oxygen atoms in total. The molecule has 2 N–H and O–H groups in total. The van der Waals surface area contributed by atoms with Crippen LogP contribution >= 0.6 is 0 Å². The van der Waals surface area contributed by atoms with Crippen LogP contribution in [0.25, 0.3) is 0 Å². The fraction of sp³-hybridized carbons (Fsp3) is 0.607. The van der Waals surface area contributed by atoms with Crippen LogP contribution in [0.1, 0.15) is 80.2 Å². The number of likely N-dealkylation sites (N-methyl/N-ethyl adjacent to an activating group) is 2. The zero-order chi connectivity index (χ0) is 27.4. The molecule has 1 aromatic rings. The Morgan fingerprint density at radius 1 is 1.11 bits per heavy atom. The molecular weight excluding hydrogens is 443 g/mol. The molecule has 0 aliphatic carbocycles. The van der Waals surface area contributed by atoms with Crippen LogP contribution in [0, 0.1) is 11.7 Å². The molecule has 0 atom stereocenters. The Balaban J connectivity index is 0. The van der Waals surface area contributed by atoms with Crippen LogP contribution in [0.3, 0.4) is 0 Å². The normalized spacial score (nSPS) is 11.6. The Bertz CT molecular complexity index is 801. The zero-order valence-electron chi connectivity index (χ0n) is 23.7. The van der Waals surface area contributed by atoms with Gasteiger partial charge in [-0.1, -0.05) is 66.5 Å². The average molecular weight is 493 g/mol. The number of aliphatic imine (C=N–C) groups is 1. The second-order valence-corrected chi connectivity index (χ2v) is 9.22. The smallest absolute Gasteiger partial charge is 0.270 e. The minimum atomic E-state index is -0.430. The lowest BCUT2D eigenvalue weighted by Gasteiger charge is -2.18. The highest BCUT2D eigenvalue weighted by atomic mass is 19.1. The largest absolute Gasteiger partial charge is 0.358 e. The molecule has 0 spiro atoms. The predicted molar refractivity (Wildman–Crippen MR) is 147 cm³/mol. The minimum Gasteiger partial charge on any atom is -0.358 e. The van der Waals surface area contributed by atoms with E-state index in [-0.39, 0.29) is 24.0 Å². The Hall–Kier alpha value is -2.54. The van der Waals surface area contributed by atoms with Crippen molar-refractivity contribution in [3.8, 4) is 0 Å². The quantitative estimate of drug-likeness (QED) is 0.331. The Morgan fingerprint density at radius 3 is 2.17 bits per heavy atom. The Labute approximate surface area is 213 Å². The number of carbonyl (C=O) groups is 2. The maximum atomic E-state index is 13.5. The van der Waals surface area contributed by atoms with Crippen LogP contribution in [-0.2, 0) is 9.59 Å². The van der Waals surface area contributed by atoms with Gasteiger partial charge >= 0.3 is 0 Å². The molecule has 2 amide bonds. The van der Waals surface area contributed by atoms with Crippen molar-refractivity contribution in [1.29, 1.82) is 0 Å². The van der Waals surface area contributed by atoms with Crippen molar-refractivity contribution in [2.75, 3.05) is 33.7 Å². The van der Waals surface area contributed by atoms with Gasteiger partial charge in [0, 0.05) is 19.3 Å². The summed E-state index contributed by atoms with van der Waals surface area (Å²) in [4.78, 5) is 30.8. The number of nitrogens with one attached hydrogen (secondary N) is 2. The Morgan fingerprint density at radius 2 is 1.69 bits per heavy atom. The summed E-state index contributed by atoms with van der Waals surface area (Å²) in [6.07, 6.45) is 3.40. The maximum absolute atomic E-state index is 13.5. The highest BCUT2D eigenvalue weighted by Crippen LogP contribution is 2.13. The van der Waals surface area contributed by atoms with E-state index in [1.54, 1.807) is 19.1 Å². The van der Waals surface area contributed by atoms with E-state index in [0.29, 0.717) is 17.8 Å². The number of benzene rings is 1. The van der Waals surface area contributed by atoms with Gasteiger partial charge in [-0.05, 0) is 63.0 Å². The van der Waals surface area contributed by atoms with Gasteiger partial charge in [0.25, 0.3) is 5.91 Å². The SMILES string of the molecule is CC(C)C.CCC.CCCCN(C)C/C(C)=C(/N=C(C)c1cccc(F)c1)C(=O)NCC(=O)NC. The van der Waals surface area contributed by atoms with Crippen molar-refractivity contribution >= 4 is 17.5 Å². The first-order chi connectivity index (χ1) is 16.4. The van der Waals surface area contributed by atoms with E-state index < -0.39 is 5.91 Å². The summed E-state index contributed by atoms with van der Waals surface area (Å²) in [5, 5.41) is 5.05. The van der Waals surface area contributed by atoms with Crippen LogP contribution in [-0.4, -0.2) is 56.2 Å². The summed E-state index contributed by atoms with van der Waals surface area (Å²) in [6, 6.07) is 6.08. The standard InChI is InChI=1S/C21H31FN4O2.C4H10.C3H8/c1-6-7-11-26(5)14-15(2)20(21(28)24-13-19(27)23-4)25-16(3)17-9-8-10-18(22)12-17;1-4(2)3;1-3-2/h8-10,12H,6-7,11,13-14H2,1-5H3,(H,23,27)(H,24,28);4H,1-3H3;3H2,1-2H3/b20-15+,25-16?;;. The van der Waals surface area contributed by atoms with E-state index in [1.165, 1.54) is 25.6 Å². The van der Waals surface area contributed by atoms with E-state index in [1.807, 2.05) is 14.0 Å². The van der Waals surface area contributed by atoms with E-state index >= 15 is 0 Å². The maximum Gasteiger partial charge on any atom is 0.270 e. The van der Waals surface area contributed by atoms with E-state index in [2.05, 4.69) is 62.1 Å². The number of halogens is 1. The first-order valence-electron chi connectivity index (χ1n) is 12.6. The Kier molecular flexibility index (Phi) is 20.6. The topological polar surface area (TPSA) is 73.8 Å². The molecule has 0 fully saturated rings. The first-order valence-corrected chi connectivity index (χ1v) is 12.6. The molecule has 0 saturated carbocycles. The van der Waals surface area contributed by atoms with Crippen molar-refractivity contribution < 1.29 is 14.0 Å². The van der Waals surface area contributed by atoms with E-state index in [4.69, 9.17) is 0 Å². The molecule has 0 radical (unpaired) electrons. The summed E-state index contributed by atoms with van der Waals surface area (Å²) in [7, 11) is 3.49. The molecule has 1 aromatic carbocycles. The predicted octanol–water partition coefficient (Wildman–Crippen LogP) is 5.58. The molecule has 0 heterocycles. The number of unbranched alkanes of at least 4 members (excludes halogenated alkanes) is 1. The van der Waals surface area contributed by atoms with Crippen LogP contribution in [0.2, 0.25) is 0 Å². The number of carbonyl (C=O) groups excluding carboxylic acids is 2. The molecule has 1 rings (SSSR count). The highest BCUT2D eigenvalue weighted by Gasteiger charge is 2.15. The second kappa shape index (κ2) is 20.8. The van der Waals surface area contributed by atoms with Crippen LogP contribution in [0.5, 0.6) is 0 Å². The third kappa shape index (κ3) is 18.5. The zero-order valence-corrected chi connectivity index (χ0v) is 23.7. The molecule has 0 unspecified atom stereocenters. The molecule has 200 valence electrons. The lowest BCUT2D eigenvalue weighted by Crippen LogP contribution is -2.36. The minimum absolute atomic E-state index is 0.133. The lowest BCUT2D eigenvalue weighted by molar-refractivity contribution is -0.124. The van der Waals surface area contributed by atoms with Crippen molar-refractivity contribution in [2.45, 2.75) is 74.7 Å². The number of hydrogen-bond donors (Lipinski definition) is 2. The van der Waals surface area contributed by atoms with Crippen molar-refractivity contribution in [3.63, 3.8) is 0 Å². The van der Waals surface area contributed by atoms with Gasteiger partial charge in [0.2, 0.25) is 5.91 Å². The summed E-state index contributed by atoms with van der Waals surface area (Å²) in [5.74, 6) is -0.255. The van der Waals surface area contributed by atoms with Gasteiger partial charge in [-0.3, -0.25) is 9.59 Å². The highest BCUT2D eigenvalue weighted by molar-refractivity contribution is 6.04. The number of hydrogen-bond acceptors (Lipinski definition) is 4. The van der Waals surface area contributed by atoms with Gasteiger partial charge in [-0.15, -0.1) is 0 Å². The summed E-state index contributed by atoms with van der Waals surface area (Å²) >= 11 is 0. The van der Waals surface area contributed by atoms with Gasteiger partial charge in [0.05, 0.1) is 6.54 Å². The molecule has 0 bridgehead atoms. The summed E-state index contributed by atoms with van der Waals surface area (Å²) in [5.41, 5.74) is 2.15. The fourth-order valence-corrected chi connectivity index (χ4v) is 2.61. The van der Waals surface area contributed by atoms with Crippen LogP contribution in [0.4, 0.5) is 4.39 Å². The van der Waals surface area contributed by atoms with Crippen molar-refractivity contribution in [1.82, 2.24) is 15.5 Å². The first kappa shape index (κ1) is 34.6. The number of rotatable bonds is 10. The second-order valence-electron chi connectivity index (χ2n) is 9.22. The number of nitrogens with zero attached hydrogens (tertiary/aromatic N) is 2. The van der Waals surface area contributed by atoms with Crippen LogP contribution < -0.4 is 10.6 Å². The van der Waals surface area contributed by atoms with Gasteiger partial charge in [0.15, 0.2) is 0 Å². The van der Waals surface area contributed by atoms with Crippen molar-refractivity contribution in [2.24, 2.45) is 10.9 Å². The molecule has 0 aliphatic rings. The van der Waals surface area contributed by atoms with Gasteiger partial charge in [0.1, 0.15) is 11.5 Å². The van der Waals surface area contributed by atoms with Crippen molar-refractivity contribution in [3.05, 3.63) is 46.9 Å². The fourth-order valence-electron chi connectivity index (χ4n) is 2.61. The van der Waals surface area contributed by atoms with Gasteiger partial charge in [-0.2, -0.15) is 0 Å². The van der Waals surface area contributed by atoms with Crippen LogP contribution in [0.15, 0.2) is 40.5 Å². The monoisotopic (exact) mass is 492 g/mol. The van der Waals surface area contributed by atoms with E-state index in [0.717, 1.165) is 30.9 Å². The molecule has 0 aliphatic heterocycles. The average Bonchev–Trinajstić information content (AvgIpc) is 2.79. The molecule has 0 saturated heterocycles.